The molecule has 0 radical (unpaired) electrons. The molecule has 12 heteroatoms. The molecule has 4 amide bonds. The quantitative estimate of drug-likeness (QED) is 0.306. The van der Waals surface area contributed by atoms with E-state index in [2.05, 4.69) is 16.0 Å². The van der Waals surface area contributed by atoms with Gasteiger partial charge in [-0.15, -0.1) is 0 Å². The van der Waals surface area contributed by atoms with E-state index < -0.39 is 47.7 Å². The summed E-state index contributed by atoms with van der Waals surface area (Å²) in [6.45, 7) is 10.2. The van der Waals surface area contributed by atoms with Gasteiger partial charge in [-0.2, -0.15) is 0 Å². The highest BCUT2D eigenvalue weighted by atomic mass is 16.6. The maximum atomic E-state index is 12.8. The number of rotatable bonds is 11. The number of carbonyl (C=O) groups excluding carboxylic acids is 4. The Morgan fingerprint density at radius 2 is 1.52 bits per heavy atom. The lowest BCUT2D eigenvalue weighted by Gasteiger charge is -2.26. The SMILES string of the molecule is CC(NC(=O)C(NC(=O)OC(C)(C)C)C(C)C)C(=O)Nc1ccc(COC(=O)N(C)Cc2ccccc2C(=O)O)cc1. The molecule has 12 nitrogen and oxygen atoms in total. The molecule has 0 fully saturated rings. The van der Waals surface area contributed by atoms with Gasteiger partial charge in [0, 0.05) is 19.3 Å². The third-order valence-electron chi connectivity index (χ3n) is 5.92. The second kappa shape index (κ2) is 14.9. The zero-order chi connectivity index (χ0) is 31.6. The number of carbonyl (C=O) groups is 5. The Hall–Kier alpha value is -4.61. The number of alkyl carbamates (subject to hydrolysis) is 1. The van der Waals surface area contributed by atoms with Crippen LogP contribution >= 0.6 is 0 Å². The van der Waals surface area contributed by atoms with E-state index in [0.717, 1.165) is 0 Å². The van der Waals surface area contributed by atoms with Crippen LogP contribution in [0.25, 0.3) is 0 Å². The summed E-state index contributed by atoms with van der Waals surface area (Å²) in [6.07, 6.45) is -1.35. The van der Waals surface area contributed by atoms with Crippen LogP contribution in [0.5, 0.6) is 0 Å². The molecule has 2 rings (SSSR count). The molecule has 2 aromatic carbocycles. The first-order valence-corrected chi connectivity index (χ1v) is 13.5. The molecular formula is C30H40N4O8. The van der Waals surface area contributed by atoms with Gasteiger partial charge in [0.25, 0.3) is 0 Å². The molecule has 0 saturated carbocycles. The predicted molar refractivity (Wildman–Crippen MR) is 156 cm³/mol. The molecule has 0 spiro atoms. The molecule has 42 heavy (non-hydrogen) atoms. The minimum Gasteiger partial charge on any atom is -0.478 e. The Morgan fingerprint density at radius 1 is 0.905 bits per heavy atom. The van der Waals surface area contributed by atoms with Gasteiger partial charge >= 0.3 is 18.2 Å². The molecule has 2 atom stereocenters. The molecule has 4 N–H and O–H groups in total. The molecule has 0 saturated heterocycles. The van der Waals surface area contributed by atoms with Gasteiger partial charge in [-0.05, 0) is 62.9 Å². The number of nitrogens with one attached hydrogen (secondary N) is 3. The first kappa shape index (κ1) is 33.6. The number of hydrogen-bond acceptors (Lipinski definition) is 7. The molecule has 0 aliphatic rings. The van der Waals surface area contributed by atoms with Crippen molar-refractivity contribution in [3.8, 4) is 0 Å². The average Bonchev–Trinajstić information content (AvgIpc) is 2.89. The largest absolute Gasteiger partial charge is 0.478 e. The summed E-state index contributed by atoms with van der Waals surface area (Å²) in [5.74, 6) is -2.32. The van der Waals surface area contributed by atoms with E-state index in [1.54, 1.807) is 77.1 Å². The molecule has 2 aromatic rings. The standard InChI is InChI=1S/C30H40N4O8/c1-18(2)24(33-28(39)42-30(4,5)6)26(36)31-19(3)25(35)32-22-14-12-20(13-15-22)17-41-29(40)34(7)16-21-10-8-9-11-23(21)27(37)38/h8-15,18-19,24H,16-17H2,1-7H3,(H,31,36)(H,32,35)(H,33,39)(H,37,38). The number of carboxylic acids is 1. The topological polar surface area (TPSA) is 163 Å². The van der Waals surface area contributed by atoms with Crippen LogP contribution in [0.2, 0.25) is 0 Å². The molecule has 0 aromatic heterocycles. The number of nitrogens with zero attached hydrogens (tertiary/aromatic N) is 1. The first-order chi connectivity index (χ1) is 19.6. The minimum absolute atomic E-state index is 0.0360. The monoisotopic (exact) mass is 584 g/mol. The fourth-order valence-corrected chi connectivity index (χ4v) is 3.72. The zero-order valence-corrected chi connectivity index (χ0v) is 25.0. The summed E-state index contributed by atoms with van der Waals surface area (Å²) in [6, 6.07) is 11.2. The Balaban J connectivity index is 1.87. The van der Waals surface area contributed by atoms with E-state index in [-0.39, 0.29) is 24.6 Å². The summed E-state index contributed by atoms with van der Waals surface area (Å²) < 4.78 is 10.6. The summed E-state index contributed by atoms with van der Waals surface area (Å²) in [5.41, 5.74) is 0.995. The van der Waals surface area contributed by atoms with Crippen molar-refractivity contribution in [3.05, 3.63) is 65.2 Å². The van der Waals surface area contributed by atoms with E-state index in [9.17, 15) is 29.1 Å². The van der Waals surface area contributed by atoms with Gasteiger partial charge in [0.1, 0.15) is 24.3 Å². The highest BCUT2D eigenvalue weighted by Crippen LogP contribution is 2.15. The van der Waals surface area contributed by atoms with Gasteiger partial charge in [-0.25, -0.2) is 14.4 Å². The predicted octanol–water partition coefficient (Wildman–Crippen LogP) is 4.15. The fraction of sp³-hybridized carbons (Fsp3) is 0.433. The number of ether oxygens (including phenoxy) is 2. The normalized spacial score (nSPS) is 12.5. The van der Waals surface area contributed by atoms with E-state index in [1.807, 2.05) is 0 Å². The third kappa shape index (κ3) is 10.8. The molecule has 0 bridgehead atoms. The molecule has 0 aliphatic carbocycles. The lowest BCUT2D eigenvalue weighted by atomic mass is 10.0. The van der Waals surface area contributed by atoms with Gasteiger partial charge in [0.2, 0.25) is 11.8 Å². The summed E-state index contributed by atoms with van der Waals surface area (Å²) in [5, 5.41) is 17.2. The van der Waals surface area contributed by atoms with Gasteiger partial charge in [0.05, 0.1) is 5.56 Å². The highest BCUT2D eigenvalue weighted by Gasteiger charge is 2.29. The Labute approximate surface area is 245 Å². The number of aromatic carboxylic acids is 1. The number of hydrogen-bond donors (Lipinski definition) is 4. The Bertz CT molecular complexity index is 1270. The lowest BCUT2D eigenvalue weighted by Crippen LogP contribution is -2.54. The maximum absolute atomic E-state index is 12.8. The van der Waals surface area contributed by atoms with Crippen molar-refractivity contribution >= 4 is 35.7 Å². The second-order valence-corrected chi connectivity index (χ2v) is 11.2. The van der Waals surface area contributed by atoms with Crippen LogP contribution in [0, 0.1) is 5.92 Å². The van der Waals surface area contributed by atoms with Gasteiger partial charge in [-0.1, -0.05) is 44.2 Å². The summed E-state index contributed by atoms with van der Waals surface area (Å²) in [4.78, 5) is 62.7. The van der Waals surface area contributed by atoms with Crippen molar-refractivity contribution < 1.29 is 38.6 Å². The van der Waals surface area contributed by atoms with Crippen LogP contribution in [0.1, 0.15) is 63.0 Å². The van der Waals surface area contributed by atoms with Crippen LogP contribution in [-0.4, -0.2) is 64.7 Å². The molecule has 2 unspecified atom stereocenters. The van der Waals surface area contributed by atoms with E-state index >= 15 is 0 Å². The summed E-state index contributed by atoms with van der Waals surface area (Å²) >= 11 is 0. The fourth-order valence-electron chi connectivity index (χ4n) is 3.72. The van der Waals surface area contributed by atoms with E-state index in [0.29, 0.717) is 16.8 Å². The minimum atomic E-state index is -1.08. The van der Waals surface area contributed by atoms with Gasteiger partial charge in [0.15, 0.2) is 0 Å². The lowest BCUT2D eigenvalue weighted by molar-refractivity contribution is -0.128. The Morgan fingerprint density at radius 3 is 2.10 bits per heavy atom. The highest BCUT2D eigenvalue weighted by molar-refractivity contribution is 5.98. The summed E-state index contributed by atoms with van der Waals surface area (Å²) in [7, 11) is 1.51. The van der Waals surface area contributed by atoms with Crippen molar-refractivity contribution in [1.82, 2.24) is 15.5 Å². The third-order valence-corrected chi connectivity index (χ3v) is 5.92. The molecule has 228 valence electrons. The molecular weight excluding hydrogens is 544 g/mol. The second-order valence-electron chi connectivity index (χ2n) is 11.2. The molecule has 0 aliphatic heterocycles. The van der Waals surface area contributed by atoms with Gasteiger partial charge in [-0.3, -0.25) is 9.59 Å². The van der Waals surface area contributed by atoms with Crippen LogP contribution in [0.3, 0.4) is 0 Å². The van der Waals surface area contributed by atoms with Crippen LogP contribution in [-0.2, 0) is 32.2 Å². The van der Waals surface area contributed by atoms with E-state index in [1.165, 1.54) is 24.9 Å². The first-order valence-electron chi connectivity index (χ1n) is 13.5. The van der Waals surface area contributed by atoms with Crippen molar-refractivity contribution in [2.75, 3.05) is 12.4 Å². The maximum Gasteiger partial charge on any atom is 0.410 e. The Kier molecular flexibility index (Phi) is 11.9. The van der Waals surface area contributed by atoms with Gasteiger partial charge < -0.3 is 35.4 Å². The molecule has 0 heterocycles. The average molecular weight is 585 g/mol. The number of benzene rings is 2. The van der Waals surface area contributed by atoms with E-state index in [4.69, 9.17) is 9.47 Å². The van der Waals surface area contributed by atoms with Crippen molar-refractivity contribution in [2.45, 2.75) is 72.4 Å². The van der Waals surface area contributed by atoms with Crippen LogP contribution < -0.4 is 16.0 Å². The van der Waals surface area contributed by atoms with Crippen LogP contribution in [0.15, 0.2) is 48.5 Å². The smallest absolute Gasteiger partial charge is 0.410 e. The van der Waals surface area contributed by atoms with Crippen molar-refractivity contribution in [1.29, 1.82) is 0 Å². The number of carboxylic acid groups (broad SMARTS) is 1. The van der Waals surface area contributed by atoms with Crippen molar-refractivity contribution in [3.63, 3.8) is 0 Å². The van der Waals surface area contributed by atoms with Crippen molar-refractivity contribution in [2.24, 2.45) is 5.92 Å². The number of amides is 4. The number of anilines is 1. The van der Waals surface area contributed by atoms with Crippen LogP contribution in [0.4, 0.5) is 15.3 Å². The zero-order valence-electron chi connectivity index (χ0n) is 25.0.